The molecule has 1 fully saturated rings. The molecule has 0 radical (unpaired) electrons. The Kier molecular flexibility index (Phi) is 5.74. The third-order valence-corrected chi connectivity index (χ3v) is 5.36. The molecule has 1 aromatic carbocycles. The number of benzene rings is 1. The lowest BCUT2D eigenvalue weighted by Crippen LogP contribution is -2.46. The van der Waals surface area contributed by atoms with Crippen LogP contribution in [-0.4, -0.2) is 40.6 Å². The Morgan fingerprint density at radius 2 is 1.96 bits per heavy atom. The van der Waals surface area contributed by atoms with E-state index in [0.29, 0.717) is 13.0 Å². The Morgan fingerprint density at radius 3 is 2.64 bits per heavy atom. The van der Waals surface area contributed by atoms with Gasteiger partial charge in [0.2, 0.25) is 0 Å². The van der Waals surface area contributed by atoms with Gasteiger partial charge < -0.3 is 14.7 Å². The van der Waals surface area contributed by atoms with E-state index in [0.717, 1.165) is 36.8 Å². The first-order valence-corrected chi connectivity index (χ1v) is 9.35. The molecular weight excluding hydrogens is 318 g/mol. The molecule has 25 heavy (non-hydrogen) atoms. The van der Waals surface area contributed by atoms with E-state index < -0.39 is 18.0 Å². The minimum absolute atomic E-state index is 0.0752. The van der Waals surface area contributed by atoms with E-state index >= 15 is 0 Å². The van der Waals surface area contributed by atoms with Gasteiger partial charge in [0, 0.05) is 13.1 Å². The summed E-state index contributed by atoms with van der Waals surface area (Å²) in [6.45, 7) is 2.64. The Balaban J connectivity index is 1.73. The van der Waals surface area contributed by atoms with Crippen LogP contribution in [0.25, 0.3) is 0 Å². The normalized spacial score (nSPS) is 22.3. The zero-order chi connectivity index (χ0) is 17.8. The number of amides is 1. The van der Waals surface area contributed by atoms with Gasteiger partial charge in [0.1, 0.15) is 6.10 Å². The van der Waals surface area contributed by atoms with Crippen LogP contribution in [0.3, 0.4) is 0 Å². The maximum atomic E-state index is 13.0. The van der Waals surface area contributed by atoms with E-state index in [9.17, 15) is 14.7 Å². The molecule has 0 aromatic heterocycles. The summed E-state index contributed by atoms with van der Waals surface area (Å²) in [5, 5.41) is 9.57. The second-order valence-corrected chi connectivity index (χ2v) is 7.10. The largest absolute Gasteiger partial charge is 0.481 e. The maximum Gasteiger partial charge on any atom is 0.312 e. The van der Waals surface area contributed by atoms with Gasteiger partial charge in [-0.1, -0.05) is 50.5 Å². The second-order valence-electron chi connectivity index (χ2n) is 7.10. The first kappa shape index (κ1) is 17.9. The fourth-order valence-electron chi connectivity index (χ4n) is 3.95. The van der Waals surface area contributed by atoms with E-state index in [4.69, 9.17) is 4.74 Å². The number of carboxylic acid groups (broad SMARTS) is 1. The molecule has 0 bridgehead atoms. The predicted octanol–water partition coefficient (Wildman–Crippen LogP) is 3.32. The van der Waals surface area contributed by atoms with E-state index in [-0.39, 0.29) is 18.6 Å². The second kappa shape index (κ2) is 8.00. The Labute approximate surface area is 149 Å². The number of carbonyl (C=O) groups is 2. The molecule has 0 saturated heterocycles. The molecule has 1 heterocycles. The van der Waals surface area contributed by atoms with Crippen molar-refractivity contribution in [1.29, 1.82) is 0 Å². The monoisotopic (exact) mass is 345 g/mol. The average molecular weight is 345 g/mol. The highest BCUT2D eigenvalue weighted by Crippen LogP contribution is 2.30. The number of hydrogen-bond donors (Lipinski definition) is 1. The summed E-state index contributed by atoms with van der Waals surface area (Å²) in [6.07, 6.45) is 5.91. The van der Waals surface area contributed by atoms with Gasteiger partial charge in [0.15, 0.2) is 0 Å². The molecule has 1 N–H and O–H groups in total. The van der Waals surface area contributed by atoms with Gasteiger partial charge in [-0.15, -0.1) is 0 Å². The third-order valence-electron chi connectivity index (χ3n) is 5.36. The molecule has 1 aliphatic heterocycles. The minimum atomic E-state index is -0.883. The van der Waals surface area contributed by atoms with Crippen LogP contribution in [0.1, 0.15) is 62.5 Å². The molecule has 1 saturated carbocycles. The lowest BCUT2D eigenvalue weighted by Gasteiger charge is -2.36. The Morgan fingerprint density at radius 1 is 1.24 bits per heavy atom. The van der Waals surface area contributed by atoms with E-state index in [2.05, 4.69) is 0 Å². The SMILES string of the molecule is CCC(OC1CCCCC1)C(=O)N1Cc2ccccc2C(C(=O)O)C1. The van der Waals surface area contributed by atoms with Crippen molar-refractivity contribution in [2.24, 2.45) is 0 Å². The average Bonchev–Trinajstić information content (AvgIpc) is 2.65. The predicted molar refractivity (Wildman–Crippen MR) is 94.3 cm³/mol. The number of nitrogens with zero attached hydrogens (tertiary/aromatic N) is 1. The fourth-order valence-corrected chi connectivity index (χ4v) is 3.95. The number of fused-ring (bicyclic) bond motifs is 1. The summed E-state index contributed by atoms with van der Waals surface area (Å²) < 4.78 is 6.10. The topological polar surface area (TPSA) is 66.8 Å². The van der Waals surface area contributed by atoms with Crippen molar-refractivity contribution < 1.29 is 19.4 Å². The summed E-state index contributed by atoms with van der Waals surface area (Å²) in [6, 6.07) is 7.51. The van der Waals surface area contributed by atoms with Gasteiger partial charge in [-0.3, -0.25) is 9.59 Å². The molecule has 2 aliphatic rings. The molecule has 0 spiro atoms. The van der Waals surface area contributed by atoms with Crippen LogP contribution in [0.5, 0.6) is 0 Å². The van der Waals surface area contributed by atoms with E-state index in [1.54, 1.807) is 4.90 Å². The van der Waals surface area contributed by atoms with Crippen LogP contribution >= 0.6 is 0 Å². The summed E-state index contributed by atoms with van der Waals surface area (Å²) in [5.41, 5.74) is 1.74. The highest BCUT2D eigenvalue weighted by atomic mass is 16.5. The van der Waals surface area contributed by atoms with Crippen molar-refractivity contribution in [3.8, 4) is 0 Å². The maximum absolute atomic E-state index is 13.0. The quantitative estimate of drug-likeness (QED) is 0.889. The lowest BCUT2D eigenvalue weighted by atomic mass is 9.89. The number of carboxylic acids is 1. The highest BCUT2D eigenvalue weighted by molar-refractivity contribution is 5.84. The van der Waals surface area contributed by atoms with Crippen LogP contribution in [0.4, 0.5) is 0 Å². The van der Waals surface area contributed by atoms with Gasteiger partial charge in [0.25, 0.3) is 5.91 Å². The first-order valence-electron chi connectivity index (χ1n) is 9.35. The zero-order valence-electron chi connectivity index (χ0n) is 14.8. The molecule has 5 heteroatoms. The van der Waals surface area contributed by atoms with E-state index in [1.807, 2.05) is 31.2 Å². The number of carbonyl (C=O) groups excluding carboxylic acids is 1. The number of ether oxygens (including phenoxy) is 1. The molecule has 3 rings (SSSR count). The molecular formula is C20H27NO4. The smallest absolute Gasteiger partial charge is 0.312 e. The van der Waals surface area contributed by atoms with Crippen molar-refractivity contribution in [1.82, 2.24) is 4.90 Å². The van der Waals surface area contributed by atoms with Gasteiger partial charge in [0.05, 0.1) is 12.0 Å². The highest BCUT2D eigenvalue weighted by Gasteiger charge is 2.35. The third kappa shape index (κ3) is 4.03. The molecule has 1 amide bonds. The minimum Gasteiger partial charge on any atom is -0.481 e. The number of rotatable bonds is 5. The van der Waals surface area contributed by atoms with E-state index in [1.165, 1.54) is 6.42 Å². The summed E-state index contributed by atoms with van der Waals surface area (Å²) in [7, 11) is 0. The Bertz CT molecular complexity index is 624. The van der Waals surface area contributed by atoms with Gasteiger partial charge in [-0.2, -0.15) is 0 Å². The number of hydrogen-bond acceptors (Lipinski definition) is 3. The van der Waals surface area contributed by atoms with Crippen LogP contribution in [0.2, 0.25) is 0 Å². The van der Waals surface area contributed by atoms with Crippen molar-refractivity contribution >= 4 is 11.9 Å². The van der Waals surface area contributed by atoms with Crippen molar-refractivity contribution in [2.75, 3.05) is 6.54 Å². The lowest BCUT2D eigenvalue weighted by molar-refractivity contribution is -0.152. The molecule has 136 valence electrons. The van der Waals surface area contributed by atoms with Crippen LogP contribution in [0.15, 0.2) is 24.3 Å². The molecule has 5 nitrogen and oxygen atoms in total. The molecule has 1 aromatic rings. The zero-order valence-corrected chi connectivity index (χ0v) is 14.8. The fraction of sp³-hybridized carbons (Fsp3) is 0.600. The van der Waals surface area contributed by atoms with Crippen LogP contribution < -0.4 is 0 Å². The summed E-state index contributed by atoms with van der Waals surface area (Å²) >= 11 is 0. The molecule has 2 atom stereocenters. The molecule has 1 aliphatic carbocycles. The standard InChI is InChI=1S/C20H27NO4/c1-2-18(25-15-9-4-3-5-10-15)19(22)21-12-14-8-6-7-11-16(14)17(13-21)20(23)24/h6-8,11,15,17-18H,2-5,9-10,12-13H2,1H3,(H,23,24). The Hall–Kier alpha value is -1.88. The number of aliphatic carboxylic acids is 1. The van der Waals surface area contributed by atoms with Crippen molar-refractivity contribution in [2.45, 2.75) is 70.1 Å². The van der Waals surface area contributed by atoms with Gasteiger partial charge in [-0.25, -0.2) is 0 Å². The van der Waals surface area contributed by atoms with Crippen LogP contribution in [0, 0.1) is 0 Å². The van der Waals surface area contributed by atoms with Gasteiger partial charge >= 0.3 is 5.97 Å². The van der Waals surface area contributed by atoms with Crippen molar-refractivity contribution in [3.63, 3.8) is 0 Å². The van der Waals surface area contributed by atoms with Crippen molar-refractivity contribution in [3.05, 3.63) is 35.4 Å². The summed E-state index contributed by atoms with van der Waals surface area (Å²) in [5.74, 6) is -1.62. The van der Waals surface area contributed by atoms with Gasteiger partial charge in [-0.05, 0) is 30.4 Å². The van der Waals surface area contributed by atoms with Crippen LogP contribution in [-0.2, 0) is 20.9 Å². The molecule has 2 unspecified atom stereocenters. The first-order chi connectivity index (χ1) is 12.1. The summed E-state index contributed by atoms with van der Waals surface area (Å²) in [4.78, 5) is 26.3.